The summed E-state index contributed by atoms with van der Waals surface area (Å²) >= 11 is 6.27. The number of halogens is 1. The molecule has 3 aromatic carbocycles. The molecule has 3 aromatic rings. The minimum absolute atomic E-state index is 0.196. The maximum Gasteiger partial charge on any atom is 0.239 e. The fraction of sp³-hybridized carbons (Fsp3) is 0.259. The Hall–Kier alpha value is -3.11. The number of rotatable bonds is 2. The Bertz CT molecular complexity index is 1210. The minimum Gasteiger partial charge on any atom is -0.495 e. The minimum atomic E-state index is -0.608. The van der Waals surface area contributed by atoms with Gasteiger partial charge in [0.25, 0.3) is 0 Å². The largest absolute Gasteiger partial charge is 0.495 e. The van der Waals surface area contributed by atoms with Crippen molar-refractivity contribution in [1.29, 1.82) is 0 Å². The highest BCUT2D eigenvalue weighted by atomic mass is 35.5. The smallest absolute Gasteiger partial charge is 0.239 e. The number of benzene rings is 3. The Morgan fingerprint density at radius 1 is 0.781 bits per heavy atom. The average molecular weight is 444 g/mol. The van der Waals surface area contributed by atoms with Crippen LogP contribution in [0.3, 0.4) is 0 Å². The van der Waals surface area contributed by atoms with Crippen molar-refractivity contribution in [2.24, 2.45) is 11.8 Å². The van der Waals surface area contributed by atoms with Crippen molar-refractivity contribution in [2.75, 3.05) is 12.0 Å². The number of hydrogen-bond acceptors (Lipinski definition) is 3. The Kier molecular flexibility index (Phi) is 3.81. The van der Waals surface area contributed by atoms with Crippen LogP contribution in [0.2, 0.25) is 5.02 Å². The molecule has 32 heavy (non-hydrogen) atoms. The van der Waals surface area contributed by atoms with Crippen LogP contribution in [0.15, 0.2) is 66.7 Å². The van der Waals surface area contributed by atoms with Crippen LogP contribution in [0, 0.1) is 11.8 Å². The first-order valence-corrected chi connectivity index (χ1v) is 11.1. The maximum atomic E-state index is 14.1. The molecular formula is C27H22ClNO3. The summed E-state index contributed by atoms with van der Waals surface area (Å²) in [6, 6.07) is 21.5. The molecule has 160 valence electrons. The van der Waals surface area contributed by atoms with E-state index in [4.69, 9.17) is 16.3 Å². The number of hydrogen-bond donors (Lipinski definition) is 0. The zero-order valence-corrected chi connectivity index (χ0v) is 18.8. The highest BCUT2D eigenvalue weighted by molar-refractivity contribution is 6.32. The Balaban J connectivity index is 1.66. The summed E-state index contributed by atoms with van der Waals surface area (Å²) in [6.45, 7) is 4.23. The number of imide groups is 1. The van der Waals surface area contributed by atoms with Crippen LogP contribution in [-0.4, -0.2) is 18.9 Å². The molecule has 0 unspecified atom stereocenters. The van der Waals surface area contributed by atoms with Gasteiger partial charge in [-0.3, -0.25) is 9.59 Å². The molecule has 0 saturated carbocycles. The highest BCUT2D eigenvalue weighted by Gasteiger charge is 2.70. The van der Waals surface area contributed by atoms with Crippen molar-refractivity contribution in [1.82, 2.24) is 0 Å². The van der Waals surface area contributed by atoms with Crippen LogP contribution in [0.5, 0.6) is 5.75 Å². The van der Waals surface area contributed by atoms with Gasteiger partial charge < -0.3 is 4.74 Å². The van der Waals surface area contributed by atoms with Crippen molar-refractivity contribution >= 4 is 29.1 Å². The molecule has 2 bridgehead atoms. The fourth-order valence-corrected chi connectivity index (χ4v) is 6.81. The van der Waals surface area contributed by atoms with E-state index in [2.05, 4.69) is 38.1 Å². The third-order valence-corrected chi connectivity index (χ3v) is 8.26. The predicted molar refractivity (Wildman–Crippen MR) is 123 cm³/mol. The number of methoxy groups -OCH3 is 1. The van der Waals surface area contributed by atoms with Gasteiger partial charge in [-0.1, -0.05) is 74.0 Å². The molecule has 2 amide bonds. The summed E-state index contributed by atoms with van der Waals surface area (Å²) in [5.74, 6) is -0.953. The summed E-state index contributed by atoms with van der Waals surface area (Å²) in [6.07, 6.45) is 0. The number of anilines is 1. The third kappa shape index (κ3) is 2.04. The molecule has 5 heteroatoms. The van der Waals surface area contributed by atoms with Crippen molar-refractivity contribution in [3.8, 4) is 5.75 Å². The molecule has 0 N–H and O–H groups in total. The fourth-order valence-electron chi connectivity index (χ4n) is 6.65. The van der Waals surface area contributed by atoms with Crippen LogP contribution < -0.4 is 9.64 Å². The number of carbonyl (C=O) groups is 2. The molecule has 0 aromatic heterocycles. The van der Waals surface area contributed by atoms with Crippen LogP contribution in [0.25, 0.3) is 0 Å². The van der Waals surface area contributed by atoms with Gasteiger partial charge in [0.15, 0.2) is 0 Å². The summed E-state index contributed by atoms with van der Waals surface area (Å²) in [5, 5.41) is 0.447. The van der Waals surface area contributed by atoms with E-state index in [-0.39, 0.29) is 11.8 Å². The van der Waals surface area contributed by atoms with Crippen molar-refractivity contribution in [3.05, 3.63) is 94.0 Å². The van der Waals surface area contributed by atoms with Crippen LogP contribution >= 0.6 is 11.6 Å². The SMILES string of the molecule is COc1ccc(Cl)cc1N1C(=O)[C@@H]2[C@H](C1=O)C1(C)c3ccccc3C2(C)c2ccccc21. The molecule has 4 aliphatic rings. The maximum absolute atomic E-state index is 14.1. The van der Waals surface area contributed by atoms with Gasteiger partial charge in [-0.05, 0) is 40.5 Å². The molecule has 0 radical (unpaired) electrons. The lowest BCUT2D eigenvalue weighted by Crippen LogP contribution is -2.59. The first-order chi connectivity index (χ1) is 15.3. The van der Waals surface area contributed by atoms with Gasteiger partial charge in [0.05, 0.1) is 24.6 Å². The molecule has 3 aliphatic carbocycles. The van der Waals surface area contributed by atoms with Gasteiger partial charge in [0.1, 0.15) is 5.75 Å². The summed E-state index contributed by atoms with van der Waals surface area (Å²) in [7, 11) is 1.53. The van der Waals surface area contributed by atoms with E-state index in [1.54, 1.807) is 18.2 Å². The molecule has 0 spiro atoms. The second kappa shape index (κ2) is 6.23. The van der Waals surface area contributed by atoms with Crippen LogP contribution in [0.4, 0.5) is 5.69 Å². The number of ether oxygens (including phenoxy) is 1. The zero-order valence-electron chi connectivity index (χ0n) is 18.1. The van der Waals surface area contributed by atoms with Gasteiger partial charge in [-0.2, -0.15) is 0 Å². The lowest BCUT2D eigenvalue weighted by atomic mass is 9.42. The molecule has 1 aliphatic heterocycles. The Morgan fingerprint density at radius 2 is 1.22 bits per heavy atom. The topological polar surface area (TPSA) is 46.6 Å². The van der Waals surface area contributed by atoms with E-state index in [0.29, 0.717) is 16.5 Å². The molecular weight excluding hydrogens is 422 g/mol. The zero-order chi connectivity index (χ0) is 22.4. The van der Waals surface area contributed by atoms with Crippen LogP contribution in [-0.2, 0) is 20.4 Å². The van der Waals surface area contributed by atoms with Gasteiger partial charge in [0.2, 0.25) is 11.8 Å². The lowest BCUT2D eigenvalue weighted by molar-refractivity contribution is -0.124. The lowest BCUT2D eigenvalue weighted by Gasteiger charge is -2.57. The first kappa shape index (κ1) is 19.6. The van der Waals surface area contributed by atoms with E-state index in [1.807, 2.05) is 24.3 Å². The molecule has 1 fully saturated rings. The molecule has 1 heterocycles. The van der Waals surface area contributed by atoms with Crippen LogP contribution in [0.1, 0.15) is 36.1 Å². The highest BCUT2D eigenvalue weighted by Crippen LogP contribution is 2.66. The van der Waals surface area contributed by atoms with Gasteiger partial charge in [-0.25, -0.2) is 4.90 Å². The Labute approximate surface area is 191 Å². The summed E-state index contributed by atoms with van der Waals surface area (Å²) in [5.41, 5.74) is 3.70. The monoisotopic (exact) mass is 443 g/mol. The number of amides is 2. The first-order valence-electron chi connectivity index (χ1n) is 10.8. The predicted octanol–water partition coefficient (Wildman–Crippen LogP) is 5.09. The number of nitrogens with zero attached hydrogens (tertiary/aromatic N) is 1. The van der Waals surface area contributed by atoms with Gasteiger partial charge >= 0.3 is 0 Å². The van der Waals surface area contributed by atoms with E-state index in [1.165, 1.54) is 12.0 Å². The van der Waals surface area contributed by atoms with Crippen molar-refractivity contribution in [3.63, 3.8) is 0 Å². The van der Waals surface area contributed by atoms with E-state index in [9.17, 15) is 9.59 Å². The Morgan fingerprint density at radius 3 is 1.62 bits per heavy atom. The summed E-state index contributed by atoms with van der Waals surface area (Å²) < 4.78 is 5.50. The van der Waals surface area contributed by atoms with E-state index >= 15 is 0 Å². The second-order valence-electron chi connectivity index (χ2n) is 9.28. The van der Waals surface area contributed by atoms with Gasteiger partial charge in [0, 0.05) is 15.9 Å². The van der Waals surface area contributed by atoms with Gasteiger partial charge in [-0.15, -0.1) is 0 Å². The van der Waals surface area contributed by atoms with Crippen molar-refractivity contribution in [2.45, 2.75) is 24.7 Å². The molecule has 1 saturated heterocycles. The standard InChI is InChI=1S/C27H22ClNO3/c1-26-16-8-4-6-10-18(16)27(2,19-11-7-5-9-17(19)26)23-22(26)24(30)29(25(23)31)20-14-15(28)12-13-21(20)32-3/h4-14,22-23H,1-3H3/t22-,23+,26?,27?. The van der Waals surface area contributed by atoms with Crippen molar-refractivity contribution < 1.29 is 14.3 Å². The second-order valence-corrected chi connectivity index (χ2v) is 9.72. The quantitative estimate of drug-likeness (QED) is 0.518. The normalized spacial score (nSPS) is 29.6. The number of carbonyl (C=O) groups excluding carboxylic acids is 2. The summed E-state index contributed by atoms with van der Waals surface area (Å²) in [4.78, 5) is 29.5. The van der Waals surface area contributed by atoms with E-state index < -0.39 is 22.7 Å². The molecule has 4 nitrogen and oxygen atoms in total. The third-order valence-electron chi connectivity index (χ3n) is 8.02. The molecule has 2 atom stereocenters. The average Bonchev–Trinajstić information content (AvgIpc) is 3.08. The van der Waals surface area contributed by atoms with E-state index in [0.717, 1.165) is 22.3 Å². The molecule has 7 rings (SSSR count).